The van der Waals surface area contributed by atoms with Crippen molar-refractivity contribution in [3.05, 3.63) is 29.7 Å². The van der Waals surface area contributed by atoms with E-state index in [2.05, 4.69) is 15.4 Å². The number of amides is 1. The summed E-state index contributed by atoms with van der Waals surface area (Å²) in [5.41, 5.74) is 8.39. The molecule has 3 aliphatic rings. The Morgan fingerprint density at radius 1 is 1.12 bits per heavy atom. The van der Waals surface area contributed by atoms with E-state index in [0.717, 1.165) is 18.4 Å². The molecule has 5 rings (SSSR count). The standard InChI is InChI=1S/C23H29F4N5O/c24-22(25)5-3-14(4-6-22)20(28)17-12-32-18(30-17)8-16(11-29-32)21(15-1-2-15)31-19(33)7-13-9-23(26,27)10-13/h8,11-15,20-21H,1-7,9-10,28H2,(H,31,33)/t20-,21+/m0/s1. The predicted molar refractivity (Wildman–Crippen MR) is 113 cm³/mol. The lowest BCUT2D eigenvalue weighted by Crippen LogP contribution is -2.39. The second-order valence-electron chi connectivity index (χ2n) is 10.2. The molecule has 3 aliphatic carbocycles. The van der Waals surface area contributed by atoms with E-state index in [1.807, 2.05) is 6.07 Å². The maximum Gasteiger partial charge on any atom is 0.248 e. The monoisotopic (exact) mass is 467 g/mol. The number of alkyl halides is 4. The van der Waals surface area contributed by atoms with Crippen LogP contribution in [0.1, 0.15) is 81.1 Å². The van der Waals surface area contributed by atoms with Crippen molar-refractivity contribution >= 4 is 11.6 Å². The first-order valence-electron chi connectivity index (χ1n) is 11.7. The Hall–Kier alpha value is -2.23. The average Bonchev–Trinajstić information content (AvgIpc) is 3.48. The molecule has 3 saturated carbocycles. The van der Waals surface area contributed by atoms with Crippen molar-refractivity contribution in [1.29, 1.82) is 0 Å². The Kier molecular flexibility index (Phi) is 5.61. The third kappa shape index (κ3) is 5.00. The summed E-state index contributed by atoms with van der Waals surface area (Å²) < 4.78 is 54.7. The number of imidazole rings is 1. The molecule has 2 heterocycles. The molecule has 2 aromatic heterocycles. The number of hydrogen-bond acceptors (Lipinski definition) is 4. The molecule has 3 N–H and O–H groups in total. The molecule has 0 unspecified atom stereocenters. The van der Waals surface area contributed by atoms with Gasteiger partial charge in [-0.15, -0.1) is 0 Å². The predicted octanol–water partition coefficient (Wildman–Crippen LogP) is 4.56. The van der Waals surface area contributed by atoms with Crippen LogP contribution in [0.15, 0.2) is 18.5 Å². The Morgan fingerprint density at radius 3 is 2.45 bits per heavy atom. The summed E-state index contributed by atoms with van der Waals surface area (Å²) in [7, 11) is 0. The number of rotatable bonds is 7. The summed E-state index contributed by atoms with van der Waals surface area (Å²) in [6, 6.07) is 1.19. The van der Waals surface area contributed by atoms with Gasteiger partial charge in [0.2, 0.25) is 17.8 Å². The maximum atomic E-state index is 13.5. The van der Waals surface area contributed by atoms with E-state index >= 15 is 0 Å². The highest BCUT2D eigenvalue weighted by molar-refractivity contribution is 5.77. The highest BCUT2D eigenvalue weighted by Gasteiger charge is 2.46. The van der Waals surface area contributed by atoms with Crippen LogP contribution >= 0.6 is 0 Å². The van der Waals surface area contributed by atoms with Crippen LogP contribution in [0.3, 0.4) is 0 Å². The minimum atomic E-state index is -2.63. The summed E-state index contributed by atoms with van der Waals surface area (Å²) in [6.45, 7) is 0. The Morgan fingerprint density at radius 2 is 1.82 bits per heavy atom. The summed E-state index contributed by atoms with van der Waals surface area (Å²) in [5, 5.41) is 7.45. The second kappa shape index (κ2) is 8.21. The first-order chi connectivity index (χ1) is 15.6. The first-order valence-corrected chi connectivity index (χ1v) is 11.7. The summed E-state index contributed by atoms with van der Waals surface area (Å²) >= 11 is 0. The van der Waals surface area contributed by atoms with Gasteiger partial charge in [0.1, 0.15) is 0 Å². The molecule has 6 nitrogen and oxygen atoms in total. The third-order valence-corrected chi connectivity index (χ3v) is 7.39. The van der Waals surface area contributed by atoms with E-state index in [-0.39, 0.29) is 55.9 Å². The fourth-order valence-electron chi connectivity index (χ4n) is 5.23. The lowest BCUT2D eigenvalue weighted by atomic mass is 9.79. The zero-order valence-electron chi connectivity index (χ0n) is 18.3. The van der Waals surface area contributed by atoms with Crippen LogP contribution in [0.5, 0.6) is 0 Å². The SMILES string of the molecule is N[C@H](c1cn2ncc([C@H](NC(=O)CC3CC(F)(F)C3)C3CC3)cc2n1)C1CCC(F)(F)CC1. The second-order valence-corrected chi connectivity index (χ2v) is 10.2. The molecule has 0 spiro atoms. The number of fused-ring (bicyclic) bond motifs is 1. The highest BCUT2D eigenvalue weighted by atomic mass is 19.3. The molecule has 0 saturated heterocycles. The maximum absolute atomic E-state index is 13.5. The molecule has 0 radical (unpaired) electrons. The van der Waals surface area contributed by atoms with Crippen LogP contribution in [-0.4, -0.2) is 32.4 Å². The number of aromatic nitrogens is 3. The normalized spacial score (nSPS) is 24.9. The van der Waals surface area contributed by atoms with E-state index in [0.29, 0.717) is 30.1 Å². The van der Waals surface area contributed by atoms with Gasteiger partial charge in [-0.25, -0.2) is 27.1 Å². The van der Waals surface area contributed by atoms with Crippen molar-refractivity contribution in [2.45, 2.75) is 81.7 Å². The number of nitrogens with two attached hydrogens (primary N) is 1. The lowest BCUT2D eigenvalue weighted by Gasteiger charge is -2.34. The minimum Gasteiger partial charge on any atom is -0.349 e. The van der Waals surface area contributed by atoms with Crippen molar-refractivity contribution in [1.82, 2.24) is 19.9 Å². The molecule has 10 heteroatoms. The molecule has 0 bridgehead atoms. The number of hydrogen-bond donors (Lipinski definition) is 2. The smallest absolute Gasteiger partial charge is 0.248 e. The van der Waals surface area contributed by atoms with Crippen LogP contribution in [0.2, 0.25) is 0 Å². The minimum absolute atomic E-state index is 0.0496. The largest absolute Gasteiger partial charge is 0.349 e. The van der Waals surface area contributed by atoms with Gasteiger partial charge < -0.3 is 11.1 Å². The summed E-state index contributed by atoms with van der Waals surface area (Å²) in [5.74, 6) is -5.47. The molecule has 180 valence electrons. The zero-order chi connectivity index (χ0) is 23.4. The fraction of sp³-hybridized carbons (Fsp3) is 0.696. The van der Waals surface area contributed by atoms with Crippen LogP contribution in [0, 0.1) is 17.8 Å². The number of halogens is 4. The van der Waals surface area contributed by atoms with Gasteiger partial charge in [0.05, 0.1) is 30.2 Å². The fourth-order valence-corrected chi connectivity index (χ4v) is 5.23. The van der Waals surface area contributed by atoms with Gasteiger partial charge in [-0.05, 0) is 55.1 Å². The van der Waals surface area contributed by atoms with Crippen molar-refractivity contribution in [2.24, 2.45) is 23.5 Å². The summed E-state index contributed by atoms with van der Waals surface area (Å²) in [4.78, 5) is 17.1. The molecule has 3 fully saturated rings. The molecule has 0 aromatic carbocycles. The third-order valence-electron chi connectivity index (χ3n) is 7.39. The van der Waals surface area contributed by atoms with Crippen molar-refractivity contribution in [2.75, 3.05) is 0 Å². The highest BCUT2D eigenvalue weighted by Crippen LogP contribution is 2.45. The van der Waals surface area contributed by atoms with Crippen molar-refractivity contribution < 1.29 is 22.4 Å². The average molecular weight is 468 g/mol. The van der Waals surface area contributed by atoms with E-state index in [1.54, 1.807) is 16.9 Å². The van der Waals surface area contributed by atoms with Crippen LogP contribution in [-0.2, 0) is 4.79 Å². The molecular weight excluding hydrogens is 438 g/mol. The molecule has 0 aliphatic heterocycles. The molecular formula is C23H29F4N5O. The number of nitrogens with one attached hydrogen (secondary N) is 1. The molecule has 33 heavy (non-hydrogen) atoms. The van der Waals surface area contributed by atoms with E-state index in [9.17, 15) is 22.4 Å². The van der Waals surface area contributed by atoms with Gasteiger partial charge in [0, 0.05) is 32.1 Å². The van der Waals surface area contributed by atoms with Gasteiger partial charge in [-0.1, -0.05) is 0 Å². The Balaban J connectivity index is 1.27. The van der Waals surface area contributed by atoms with Crippen molar-refractivity contribution in [3.63, 3.8) is 0 Å². The Bertz CT molecular complexity index is 1020. The van der Waals surface area contributed by atoms with Crippen LogP contribution in [0.25, 0.3) is 5.65 Å². The number of carbonyl (C=O) groups excluding carboxylic acids is 1. The van der Waals surface area contributed by atoms with Crippen molar-refractivity contribution in [3.8, 4) is 0 Å². The zero-order valence-corrected chi connectivity index (χ0v) is 18.3. The van der Waals surface area contributed by atoms with Gasteiger partial charge >= 0.3 is 0 Å². The number of carbonyl (C=O) groups is 1. The lowest BCUT2D eigenvalue weighted by molar-refractivity contribution is -0.134. The van der Waals surface area contributed by atoms with Crippen LogP contribution in [0.4, 0.5) is 17.6 Å². The van der Waals surface area contributed by atoms with Crippen LogP contribution < -0.4 is 11.1 Å². The summed E-state index contributed by atoms with van der Waals surface area (Å²) in [6.07, 6.45) is 5.47. The van der Waals surface area contributed by atoms with E-state index in [1.165, 1.54) is 0 Å². The molecule has 2 aromatic rings. The first kappa shape index (κ1) is 22.6. The quantitative estimate of drug-likeness (QED) is 0.585. The number of nitrogens with zero attached hydrogens (tertiary/aromatic N) is 3. The Labute approximate surface area is 189 Å². The van der Waals surface area contributed by atoms with Gasteiger partial charge in [0.15, 0.2) is 5.65 Å². The van der Waals surface area contributed by atoms with E-state index < -0.39 is 17.9 Å². The van der Waals surface area contributed by atoms with Gasteiger partial charge in [-0.2, -0.15) is 5.10 Å². The topological polar surface area (TPSA) is 85.3 Å². The molecule has 1 amide bonds. The van der Waals surface area contributed by atoms with Gasteiger partial charge in [-0.3, -0.25) is 4.79 Å². The van der Waals surface area contributed by atoms with E-state index in [4.69, 9.17) is 5.73 Å². The molecule has 2 atom stereocenters. The van der Waals surface area contributed by atoms with Gasteiger partial charge in [0.25, 0.3) is 0 Å².